The van der Waals surface area contributed by atoms with Gasteiger partial charge in [0.25, 0.3) is 0 Å². The lowest BCUT2D eigenvalue weighted by Crippen LogP contribution is -1.94. The average Bonchev–Trinajstić information content (AvgIpc) is 2.64. The van der Waals surface area contributed by atoms with Crippen LogP contribution < -0.4 is 0 Å². The lowest BCUT2D eigenvalue weighted by atomic mass is 10.1. The lowest BCUT2D eigenvalue weighted by molar-refractivity contribution is 0.198. The van der Waals surface area contributed by atoms with E-state index in [2.05, 4.69) is 31.5 Å². The van der Waals surface area contributed by atoms with Crippen molar-refractivity contribution in [3.8, 4) is 0 Å². The molecule has 1 aromatic heterocycles. The third-order valence-corrected chi connectivity index (χ3v) is 3.92. The second-order valence-electron chi connectivity index (χ2n) is 3.55. The van der Waals surface area contributed by atoms with Gasteiger partial charge in [-0.15, -0.1) is 5.10 Å². The Kier molecular flexibility index (Phi) is 3.80. The van der Waals surface area contributed by atoms with Crippen LogP contribution in [0.3, 0.4) is 0 Å². The second kappa shape index (κ2) is 5.16. The van der Waals surface area contributed by atoms with Crippen molar-refractivity contribution in [1.29, 1.82) is 0 Å². The maximum absolute atomic E-state index is 9.52. The number of hydrogen-bond acceptors (Lipinski definition) is 5. The van der Waals surface area contributed by atoms with Crippen molar-refractivity contribution in [1.82, 2.24) is 20.2 Å². The van der Waals surface area contributed by atoms with Crippen molar-refractivity contribution in [3.63, 3.8) is 0 Å². The molecule has 90 valence electrons. The van der Waals surface area contributed by atoms with Crippen LogP contribution >= 0.6 is 27.7 Å². The second-order valence-corrected chi connectivity index (χ2v) is 5.44. The van der Waals surface area contributed by atoms with Crippen LogP contribution in [0.2, 0.25) is 0 Å². The Hall–Kier alpha value is -0.920. The van der Waals surface area contributed by atoms with E-state index in [1.54, 1.807) is 18.7 Å². The number of halogens is 1. The first kappa shape index (κ1) is 12.5. The smallest absolute Gasteiger partial charge is 0.213 e. The van der Waals surface area contributed by atoms with Gasteiger partial charge in [0, 0.05) is 16.4 Å². The van der Waals surface area contributed by atoms with Gasteiger partial charge in [0.2, 0.25) is 5.16 Å². The maximum atomic E-state index is 9.52. The zero-order valence-corrected chi connectivity index (χ0v) is 11.7. The fraction of sp³-hybridized carbons (Fsp3) is 0.300. The zero-order valence-electron chi connectivity index (χ0n) is 9.33. The van der Waals surface area contributed by atoms with Crippen LogP contribution in [0.15, 0.2) is 32.7 Å². The zero-order chi connectivity index (χ0) is 12.4. The topological polar surface area (TPSA) is 63.8 Å². The predicted octanol–water partition coefficient (Wildman–Crippen LogP) is 2.18. The van der Waals surface area contributed by atoms with Crippen LogP contribution in [0.1, 0.15) is 18.6 Å². The molecule has 7 heteroatoms. The first-order chi connectivity index (χ1) is 8.08. The summed E-state index contributed by atoms with van der Waals surface area (Å²) in [6.45, 7) is 1.74. The number of hydrogen-bond donors (Lipinski definition) is 1. The van der Waals surface area contributed by atoms with Crippen molar-refractivity contribution in [3.05, 3.63) is 28.2 Å². The van der Waals surface area contributed by atoms with E-state index in [4.69, 9.17) is 0 Å². The predicted molar refractivity (Wildman–Crippen MR) is 67.7 cm³/mol. The highest BCUT2D eigenvalue weighted by Gasteiger charge is 2.09. The van der Waals surface area contributed by atoms with Crippen molar-refractivity contribution >= 4 is 27.7 Å². The summed E-state index contributed by atoms with van der Waals surface area (Å²) >= 11 is 4.91. The highest BCUT2D eigenvalue weighted by Crippen LogP contribution is 2.31. The van der Waals surface area contributed by atoms with E-state index in [0.29, 0.717) is 0 Å². The molecule has 0 aliphatic rings. The van der Waals surface area contributed by atoms with E-state index in [1.165, 1.54) is 11.8 Å². The molecule has 1 N–H and O–H groups in total. The Morgan fingerprint density at radius 1 is 1.47 bits per heavy atom. The Balaban J connectivity index is 2.24. The van der Waals surface area contributed by atoms with Gasteiger partial charge >= 0.3 is 0 Å². The summed E-state index contributed by atoms with van der Waals surface area (Å²) in [5, 5.41) is 21.5. The van der Waals surface area contributed by atoms with Crippen molar-refractivity contribution in [2.45, 2.75) is 23.1 Å². The minimum absolute atomic E-state index is 0.486. The summed E-state index contributed by atoms with van der Waals surface area (Å²) < 4.78 is 2.49. The molecule has 2 aromatic rings. The van der Waals surface area contributed by atoms with Crippen LogP contribution in [0.5, 0.6) is 0 Å². The normalized spacial score (nSPS) is 12.7. The molecule has 0 spiro atoms. The van der Waals surface area contributed by atoms with Crippen LogP contribution in [0, 0.1) is 0 Å². The van der Waals surface area contributed by atoms with Gasteiger partial charge in [-0.1, -0.05) is 22.0 Å². The number of aromatic nitrogens is 4. The monoisotopic (exact) mass is 314 g/mol. The molecule has 0 aliphatic heterocycles. The van der Waals surface area contributed by atoms with Gasteiger partial charge in [0.05, 0.1) is 6.10 Å². The molecule has 0 saturated heterocycles. The molecule has 1 aromatic carbocycles. The average molecular weight is 315 g/mol. The fourth-order valence-corrected chi connectivity index (χ4v) is 2.95. The van der Waals surface area contributed by atoms with E-state index < -0.39 is 6.10 Å². The molecule has 2 rings (SSSR count). The van der Waals surface area contributed by atoms with E-state index in [0.717, 1.165) is 20.1 Å². The molecule has 0 bridgehead atoms. The van der Waals surface area contributed by atoms with Gasteiger partial charge in [-0.25, -0.2) is 4.68 Å². The van der Waals surface area contributed by atoms with Crippen LogP contribution in [-0.2, 0) is 7.05 Å². The molecule has 0 fully saturated rings. The minimum atomic E-state index is -0.486. The summed E-state index contributed by atoms with van der Waals surface area (Å²) in [4.78, 5) is 1.01. The molecule has 5 nitrogen and oxygen atoms in total. The molecule has 17 heavy (non-hydrogen) atoms. The van der Waals surface area contributed by atoms with Crippen molar-refractivity contribution in [2.24, 2.45) is 7.05 Å². The van der Waals surface area contributed by atoms with Gasteiger partial charge in [0.15, 0.2) is 0 Å². The maximum Gasteiger partial charge on any atom is 0.213 e. The third kappa shape index (κ3) is 2.85. The lowest BCUT2D eigenvalue weighted by Gasteiger charge is -2.08. The third-order valence-electron chi connectivity index (χ3n) is 2.21. The summed E-state index contributed by atoms with van der Waals surface area (Å²) in [5.74, 6) is 0. The molecule has 0 saturated carbocycles. The van der Waals surface area contributed by atoms with Crippen molar-refractivity contribution < 1.29 is 5.11 Å². The Labute approximate surface area is 111 Å². The Morgan fingerprint density at radius 2 is 2.24 bits per heavy atom. The highest BCUT2D eigenvalue weighted by atomic mass is 79.9. The number of aliphatic hydroxyl groups is 1. The summed E-state index contributed by atoms with van der Waals surface area (Å²) in [7, 11) is 1.79. The number of rotatable bonds is 3. The number of nitrogens with zero attached hydrogens (tertiary/aromatic N) is 4. The molecule has 0 amide bonds. The van der Waals surface area contributed by atoms with Gasteiger partial charge in [-0.3, -0.25) is 0 Å². The fourth-order valence-electron chi connectivity index (χ4n) is 1.32. The van der Waals surface area contributed by atoms with Crippen molar-refractivity contribution in [2.75, 3.05) is 0 Å². The number of tetrazole rings is 1. The van der Waals surface area contributed by atoms with Gasteiger partial charge in [0.1, 0.15) is 0 Å². The quantitative estimate of drug-likeness (QED) is 0.940. The van der Waals surface area contributed by atoms with E-state index >= 15 is 0 Å². The van der Waals surface area contributed by atoms with Gasteiger partial charge < -0.3 is 5.11 Å². The summed E-state index contributed by atoms with van der Waals surface area (Å²) in [6, 6.07) is 5.77. The Morgan fingerprint density at radius 3 is 2.76 bits per heavy atom. The van der Waals surface area contributed by atoms with E-state index in [9.17, 15) is 5.11 Å². The minimum Gasteiger partial charge on any atom is -0.389 e. The molecule has 1 atom stereocenters. The SMILES string of the molecule is CC(O)c1ccc(Sc2nnnn2C)cc1Br. The van der Waals surface area contributed by atoms with Gasteiger partial charge in [-0.2, -0.15) is 0 Å². The van der Waals surface area contributed by atoms with Gasteiger partial charge in [-0.05, 0) is 46.8 Å². The summed E-state index contributed by atoms with van der Waals surface area (Å²) in [6.07, 6.45) is -0.486. The molecule has 1 unspecified atom stereocenters. The summed E-state index contributed by atoms with van der Waals surface area (Å²) in [5.41, 5.74) is 0.866. The molecule has 0 aliphatic carbocycles. The van der Waals surface area contributed by atoms with E-state index in [1.807, 2.05) is 18.2 Å². The number of aliphatic hydroxyl groups excluding tert-OH is 1. The first-order valence-corrected chi connectivity index (χ1v) is 6.56. The standard InChI is InChI=1S/C10H11BrN4OS/c1-6(16)8-4-3-7(5-9(8)11)17-10-12-13-14-15(10)2/h3-6,16H,1-2H3. The molecular formula is C10H11BrN4OS. The number of aryl methyl sites for hydroxylation is 1. The van der Waals surface area contributed by atoms with E-state index in [-0.39, 0.29) is 0 Å². The van der Waals surface area contributed by atoms with Crippen LogP contribution in [0.4, 0.5) is 0 Å². The first-order valence-electron chi connectivity index (χ1n) is 4.95. The largest absolute Gasteiger partial charge is 0.389 e. The highest BCUT2D eigenvalue weighted by molar-refractivity contribution is 9.10. The Bertz CT molecular complexity index is 529. The molecule has 0 radical (unpaired) electrons. The van der Waals surface area contributed by atoms with Crippen LogP contribution in [-0.4, -0.2) is 25.3 Å². The number of benzene rings is 1. The van der Waals surface area contributed by atoms with Crippen LogP contribution in [0.25, 0.3) is 0 Å². The molecular weight excluding hydrogens is 304 g/mol. The molecule has 1 heterocycles.